The monoisotopic (exact) mass is 270 g/mol. The second kappa shape index (κ2) is 5.99. The maximum absolute atomic E-state index is 4.66. The van der Waals surface area contributed by atoms with Gasteiger partial charge >= 0.3 is 0 Å². The van der Waals surface area contributed by atoms with E-state index in [4.69, 9.17) is 0 Å². The molecule has 2 aromatic rings. The van der Waals surface area contributed by atoms with E-state index in [0.29, 0.717) is 11.7 Å². The molecule has 0 saturated carbocycles. The fraction of sp³-hybridized carbons (Fsp3) is 0.438. The molecule has 0 bridgehead atoms. The van der Waals surface area contributed by atoms with Gasteiger partial charge in [0.1, 0.15) is 11.5 Å². The molecule has 4 nitrogen and oxygen atoms in total. The van der Waals surface area contributed by atoms with E-state index in [1.807, 2.05) is 32.2 Å². The Kier molecular flexibility index (Phi) is 4.32. The second-order valence-corrected chi connectivity index (χ2v) is 5.30. The maximum Gasteiger partial charge on any atom is 0.180 e. The fourth-order valence-electron chi connectivity index (χ4n) is 2.29. The van der Waals surface area contributed by atoms with Crippen molar-refractivity contribution in [1.29, 1.82) is 0 Å². The van der Waals surface area contributed by atoms with Crippen LogP contribution >= 0.6 is 0 Å². The lowest BCUT2D eigenvalue weighted by atomic mass is 10.0. The number of rotatable bonds is 4. The van der Waals surface area contributed by atoms with Crippen LogP contribution in [0.2, 0.25) is 0 Å². The van der Waals surface area contributed by atoms with Crippen LogP contribution in [0, 0.1) is 13.8 Å². The summed E-state index contributed by atoms with van der Waals surface area (Å²) in [5, 5.41) is 3.34. The smallest absolute Gasteiger partial charge is 0.180 e. The summed E-state index contributed by atoms with van der Waals surface area (Å²) in [6.45, 7) is 11.3. The molecule has 2 heterocycles. The number of pyridine rings is 1. The van der Waals surface area contributed by atoms with Crippen molar-refractivity contribution < 1.29 is 0 Å². The first-order valence-corrected chi connectivity index (χ1v) is 7.08. The van der Waals surface area contributed by atoms with E-state index in [-0.39, 0.29) is 0 Å². The van der Waals surface area contributed by atoms with E-state index < -0.39 is 0 Å². The van der Waals surface area contributed by atoms with Gasteiger partial charge in [-0.2, -0.15) is 0 Å². The van der Waals surface area contributed by atoms with E-state index in [2.05, 4.69) is 41.0 Å². The van der Waals surface area contributed by atoms with Gasteiger partial charge in [0.05, 0.1) is 0 Å². The zero-order valence-electron chi connectivity index (χ0n) is 12.9. The molecule has 0 aliphatic rings. The quantitative estimate of drug-likeness (QED) is 0.920. The predicted molar refractivity (Wildman–Crippen MR) is 83.0 cm³/mol. The molecule has 0 spiro atoms. The van der Waals surface area contributed by atoms with Gasteiger partial charge in [-0.15, -0.1) is 0 Å². The van der Waals surface area contributed by atoms with Crippen molar-refractivity contribution in [3.63, 3.8) is 0 Å². The molecule has 0 aromatic carbocycles. The van der Waals surface area contributed by atoms with Crippen LogP contribution in [0.4, 0.5) is 5.82 Å². The molecule has 0 radical (unpaired) electrons. The SMILES string of the molecule is CCNc1nc(-c2ccc(C)cn2)nc(C)c1C(C)C. The lowest BCUT2D eigenvalue weighted by Gasteiger charge is -2.16. The number of anilines is 1. The number of aromatic nitrogens is 3. The minimum absolute atomic E-state index is 0.393. The highest BCUT2D eigenvalue weighted by Gasteiger charge is 2.15. The standard InChI is InChI=1S/C16H22N4/c1-6-17-16-14(10(2)3)12(5)19-15(20-16)13-8-7-11(4)9-18-13/h7-10H,6H2,1-5H3,(H,17,19,20). The van der Waals surface area contributed by atoms with Crippen LogP contribution in [0.15, 0.2) is 18.3 Å². The Hall–Kier alpha value is -1.97. The normalized spacial score (nSPS) is 10.9. The van der Waals surface area contributed by atoms with Gasteiger partial charge in [-0.25, -0.2) is 9.97 Å². The molecule has 4 heteroatoms. The van der Waals surface area contributed by atoms with Crippen molar-refractivity contribution in [2.45, 2.75) is 40.5 Å². The van der Waals surface area contributed by atoms with E-state index in [1.54, 1.807) is 0 Å². The highest BCUT2D eigenvalue weighted by Crippen LogP contribution is 2.27. The molecule has 0 amide bonds. The molecule has 0 aliphatic carbocycles. The zero-order valence-corrected chi connectivity index (χ0v) is 12.9. The summed E-state index contributed by atoms with van der Waals surface area (Å²) in [7, 11) is 0. The van der Waals surface area contributed by atoms with Crippen molar-refractivity contribution in [2.75, 3.05) is 11.9 Å². The van der Waals surface area contributed by atoms with Crippen molar-refractivity contribution in [3.05, 3.63) is 35.2 Å². The zero-order chi connectivity index (χ0) is 14.7. The lowest BCUT2D eigenvalue weighted by Crippen LogP contribution is -2.09. The third-order valence-corrected chi connectivity index (χ3v) is 3.20. The summed E-state index contributed by atoms with van der Waals surface area (Å²) in [6, 6.07) is 4.00. The van der Waals surface area contributed by atoms with Crippen LogP contribution < -0.4 is 5.32 Å². The molecule has 0 atom stereocenters. The highest BCUT2D eigenvalue weighted by molar-refractivity contribution is 5.57. The summed E-state index contributed by atoms with van der Waals surface area (Å²) in [5.41, 5.74) is 4.15. The fourth-order valence-corrected chi connectivity index (χ4v) is 2.29. The van der Waals surface area contributed by atoms with Crippen molar-refractivity contribution in [2.24, 2.45) is 0 Å². The number of nitrogens with zero attached hydrogens (tertiary/aromatic N) is 3. The van der Waals surface area contributed by atoms with Crippen LogP contribution in [-0.2, 0) is 0 Å². The topological polar surface area (TPSA) is 50.7 Å². The minimum atomic E-state index is 0.393. The first-order valence-electron chi connectivity index (χ1n) is 7.08. The predicted octanol–water partition coefficient (Wildman–Crippen LogP) is 3.71. The van der Waals surface area contributed by atoms with E-state index in [0.717, 1.165) is 29.3 Å². The molecule has 1 N–H and O–H groups in total. The maximum atomic E-state index is 4.66. The minimum Gasteiger partial charge on any atom is -0.370 e. The largest absolute Gasteiger partial charge is 0.370 e. The number of hydrogen-bond acceptors (Lipinski definition) is 4. The Morgan fingerprint density at radius 2 is 1.90 bits per heavy atom. The molecular weight excluding hydrogens is 248 g/mol. The van der Waals surface area contributed by atoms with Gasteiger partial charge in [-0.3, -0.25) is 4.98 Å². The Morgan fingerprint density at radius 1 is 1.15 bits per heavy atom. The van der Waals surface area contributed by atoms with Crippen LogP contribution in [0.25, 0.3) is 11.5 Å². The molecule has 2 rings (SSSR count). The summed E-state index contributed by atoms with van der Waals surface area (Å²) in [4.78, 5) is 13.7. The van der Waals surface area contributed by atoms with Crippen molar-refractivity contribution in [3.8, 4) is 11.5 Å². The molecule has 0 fully saturated rings. The Balaban J connectivity index is 2.53. The van der Waals surface area contributed by atoms with Crippen LogP contribution in [0.1, 0.15) is 43.5 Å². The van der Waals surface area contributed by atoms with Gasteiger partial charge in [0.15, 0.2) is 5.82 Å². The average Bonchev–Trinajstić information content (AvgIpc) is 2.38. The first kappa shape index (κ1) is 14.4. The summed E-state index contributed by atoms with van der Waals surface area (Å²) >= 11 is 0. The van der Waals surface area contributed by atoms with E-state index in [1.165, 1.54) is 5.56 Å². The van der Waals surface area contributed by atoms with Crippen LogP contribution in [0.5, 0.6) is 0 Å². The third kappa shape index (κ3) is 2.95. The van der Waals surface area contributed by atoms with Gasteiger partial charge in [0.25, 0.3) is 0 Å². The average molecular weight is 270 g/mol. The molecule has 0 aliphatic heterocycles. The second-order valence-electron chi connectivity index (χ2n) is 5.30. The highest BCUT2D eigenvalue weighted by atomic mass is 15.0. The molecule has 20 heavy (non-hydrogen) atoms. The molecular formula is C16H22N4. The Labute approximate surface area is 120 Å². The third-order valence-electron chi connectivity index (χ3n) is 3.20. The Bertz CT molecular complexity index is 588. The summed E-state index contributed by atoms with van der Waals surface area (Å²) < 4.78 is 0. The van der Waals surface area contributed by atoms with Gasteiger partial charge in [-0.1, -0.05) is 19.9 Å². The van der Waals surface area contributed by atoms with E-state index >= 15 is 0 Å². The van der Waals surface area contributed by atoms with Gasteiger partial charge < -0.3 is 5.32 Å². The number of nitrogens with one attached hydrogen (secondary N) is 1. The van der Waals surface area contributed by atoms with Crippen LogP contribution in [0.3, 0.4) is 0 Å². The number of hydrogen-bond donors (Lipinski definition) is 1. The molecule has 0 saturated heterocycles. The molecule has 2 aromatic heterocycles. The van der Waals surface area contributed by atoms with Crippen molar-refractivity contribution >= 4 is 5.82 Å². The van der Waals surface area contributed by atoms with Gasteiger partial charge in [0, 0.05) is 24.0 Å². The molecule has 0 unspecified atom stereocenters. The molecule has 106 valence electrons. The lowest BCUT2D eigenvalue weighted by molar-refractivity contribution is 0.830. The van der Waals surface area contributed by atoms with Crippen molar-refractivity contribution in [1.82, 2.24) is 15.0 Å². The summed E-state index contributed by atoms with van der Waals surface area (Å²) in [5.74, 6) is 2.00. The van der Waals surface area contributed by atoms with Gasteiger partial charge in [0.2, 0.25) is 0 Å². The van der Waals surface area contributed by atoms with Gasteiger partial charge in [-0.05, 0) is 38.3 Å². The van der Waals surface area contributed by atoms with E-state index in [9.17, 15) is 0 Å². The Morgan fingerprint density at radius 3 is 2.45 bits per heavy atom. The summed E-state index contributed by atoms with van der Waals surface area (Å²) in [6.07, 6.45) is 1.84. The number of aryl methyl sites for hydroxylation is 2. The van der Waals surface area contributed by atoms with Crippen LogP contribution in [-0.4, -0.2) is 21.5 Å². The first-order chi connectivity index (χ1) is 9.52.